The van der Waals surface area contributed by atoms with Crippen LogP contribution in [0.15, 0.2) is 25.3 Å². The Morgan fingerprint density at radius 1 is 0.815 bits per heavy atom. The molecule has 0 aliphatic rings. The Balaban J connectivity index is -0.000000195. The minimum atomic E-state index is -2.05. The van der Waals surface area contributed by atoms with Crippen LogP contribution in [0.4, 0.5) is 0 Å². The molecular weight excluding hydrogens is 396 g/mol. The molecule has 162 valence electrons. The zero-order valence-electron chi connectivity index (χ0n) is 16.9. The molecule has 0 spiro atoms. The van der Waals surface area contributed by atoms with Crippen molar-refractivity contribution in [3.63, 3.8) is 0 Å². The van der Waals surface area contributed by atoms with Gasteiger partial charge in [-0.25, -0.2) is 9.59 Å². The van der Waals surface area contributed by atoms with Gasteiger partial charge in [0.05, 0.1) is 14.3 Å². The normalized spacial score (nSPS) is 10.8. The third-order valence-corrected chi connectivity index (χ3v) is 9.57. The fourth-order valence-corrected chi connectivity index (χ4v) is 8.34. The Morgan fingerprint density at radius 2 is 1.19 bits per heavy atom. The highest BCUT2D eigenvalue weighted by Gasteiger charge is 2.34. The molecular formula is C18H42O6Si3. The minimum Gasteiger partial charge on any atom is -0.466 e. The van der Waals surface area contributed by atoms with Crippen molar-refractivity contribution in [1.82, 2.24) is 0 Å². The van der Waals surface area contributed by atoms with Crippen molar-refractivity contribution in [3.05, 3.63) is 25.3 Å². The number of esters is 2. The molecule has 0 saturated carbocycles. The van der Waals surface area contributed by atoms with Crippen LogP contribution in [-0.2, 0) is 27.6 Å². The standard InChI is InChI=1S/C9H20O4Si2.C7H14O2Si.2CH4/c1-7-9(10)12-8-14(3,4)13-15(5,6)11-2;1-5-7(8)9-6-10(2,3)4;;/h7H,1,8H2,2-6H3;5H,1,6H2,2-4H3;2*1H4. The van der Waals surface area contributed by atoms with Gasteiger partial charge >= 0.3 is 20.5 Å². The van der Waals surface area contributed by atoms with E-state index >= 15 is 0 Å². The highest BCUT2D eigenvalue weighted by atomic mass is 28.4. The molecule has 0 aliphatic carbocycles. The minimum absolute atomic E-state index is 0. The van der Waals surface area contributed by atoms with E-state index in [9.17, 15) is 9.59 Å². The molecule has 9 heteroatoms. The molecule has 0 aliphatic heterocycles. The first-order chi connectivity index (χ1) is 11.2. The number of hydrogen-bond acceptors (Lipinski definition) is 6. The molecule has 0 aromatic rings. The van der Waals surface area contributed by atoms with E-state index in [-0.39, 0.29) is 20.8 Å². The number of hydrogen-bond donors (Lipinski definition) is 0. The molecule has 6 nitrogen and oxygen atoms in total. The first-order valence-electron chi connectivity index (χ1n) is 8.02. The predicted molar refractivity (Wildman–Crippen MR) is 122 cm³/mol. The Kier molecular flexibility index (Phi) is 18.6. The van der Waals surface area contributed by atoms with E-state index in [0.29, 0.717) is 12.5 Å². The van der Waals surface area contributed by atoms with E-state index in [1.807, 2.05) is 26.2 Å². The lowest BCUT2D eigenvalue weighted by molar-refractivity contribution is -0.137. The van der Waals surface area contributed by atoms with Crippen LogP contribution in [0.25, 0.3) is 0 Å². The Labute approximate surface area is 170 Å². The molecule has 0 radical (unpaired) electrons. The fraction of sp³-hybridized carbons (Fsp3) is 0.667. The highest BCUT2D eigenvalue weighted by molar-refractivity contribution is 6.82. The van der Waals surface area contributed by atoms with Crippen molar-refractivity contribution < 1.29 is 27.6 Å². The fourth-order valence-electron chi connectivity index (χ4n) is 1.39. The Bertz CT molecular complexity index is 457. The summed E-state index contributed by atoms with van der Waals surface area (Å²) >= 11 is 0. The third-order valence-electron chi connectivity index (χ3n) is 2.56. The maximum atomic E-state index is 10.9. The van der Waals surface area contributed by atoms with Gasteiger partial charge in [-0.1, -0.05) is 47.7 Å². The second-order valence-corrected chi connectivity index (χ2v) is 20.9. The van der Waals surface area contributed by atoms with E-state index in [0.717, 1.165) is 6.08 Å². The topological polar surface area (TPSA) is 71.1 Å². The maximum Gasteiger partial charge on any atom is 0.329 e. The quantitative estimate of drug-likeness (QED) is 0.295. The SMILES string of the molecule is C.C.C=CC(=O)OC[Si](C)(C)C.C=CC(=O)OC[Si](C)(C)O[Si](C)(C)OC. The van der Waals surface area contributed by atoms with Gasteiger partial charge in [-0.05, 0) is 26.2 Å². The average Bonchev–Trinajstić information content (AvgIpc) is 2.49. The van der Waals surface area contributed by atoms with Crippen molar-refractivity contribution in [3.8, 4) is 0 Å². The zero-order chi connectivity index (χ0) is 20.3. The largest absolute Gasteiger partial charge is 0.466 e. The predicted octanol–water partition coefficient (Wildman–Crippen LogP) is 4.69. The van der Waals surface area contributed by atoms with Gasteiger partial charge in [0, 0.05) is 19.3 Å². The third kappa shape index (κ3) is 23.0. The van der Waals surface area contributed by atoms with Crippen molar-refractivity contribution in [2.45, 2.75) is 60.7 Å². The summed E-state index contributed by atoms with van der Waals surface area (Å²) in [6.45, 7) is 21.0. The van der Waals surface area contributed by atoms with Gasteiger partial charge in [-0.3, -0.25) is 0 Å². The van der Waals surface area contributed by atoms with Gasteiger partial charge in [-0.2, -0.15) is 0 Å². The van der Waals surface area contributed by atoms with Gasteiger partial charge in [0.2, 0.25) is 8.32 Å². The lowest BCUT2D eigenvalue weighted by Crippen LogP contribution is -2.49. The van der Waals surface area contributed by atoms with E-state index in [4.69, 9.17) is 18.0 Å². The summed E-state index contributed by atoms with van der Waals surface area (Å²) in [7, 11) is -3.62. The van der Waals surface area contributed by atoms with Crippen molar-refractivity contribution in [2.24, 2.45) is 0 Å². The molecule has 27 heavy (non-hydrogen) atoms. The highest BCUT2D eigenvalue weighted by Crippen LogP contribution is 2.15. The summed E-state index contributed by atoms with van der Waals surface area (Å²) in [5, 5.41) is 0. The first-order valence-corrected chi connectivity index (χ1v) is 17.7. The van der Waals surface area contributed by atoms with Crippen molar-refractivity contribution in [2.75, 3.05) is 19.6 Å². The lowest BCUT2D eigenvalue weighted by atomic mass is 10.7. The van der Waals surface area contributed by atoms with Gasteiger partial charge in [-0.15, -0.1) is 0 Å². The molecule has 0 fully saturated rings. The van der Waals surface area contributed by atoms with Gasteiger partial charge < -0.3 is 18.0 Å². The lowest BCUT2D eigenvalue weighted by Gasteiger charge is -2.31. The molecule has 0 aromatic heterocycles. The second kappa shape index (κ2) is 15.0. The summed E-state index contributed by atoms with van der Waals surface area (Å²) in [5.74, 6) is -0.724. The molecule has 0 saturated heterocycles. The van der Waals surface area contributed by atoms with Crippen LogP contribution in [0.2, 0.25) is 45.8 Å². The molecule has 0 bridgehead atoms. The monoisotopic (exact) mass is 438 g/mol. The molecule has 0 unspecified atom stereocenters. The number of ether oxygens (including phenoxy) is 2. The summed E-state index contributed by atoms with van der Waals surface area (Å²) in [5.41, 5.74) is 0. The molecule has 0 atom stereocenters. The summed E-state index contributed by atoms with van der Waals surface area (Å²) in [6.07, 6.45) is 3.26. The molecule has 0 N–H and O–H groups in total. The molecule has 0 aromatic carbocycles. The van der Waals surface area contributed by atoms with Crippen molar-refractivity contribution in [1.29, 1.82) is 0 Å². The molecule has 0 amide bonds. The first kappa shape index (κ1) is 33.6. The Morgan fingerprint density at radius 3 is 1.48 bits per heavy atom. The van der Waals surface area contributed by atoms with Gasteiger partial charge in [0.25, 0.3) is 0 Å². The maximum absolute atomic E-state index is 10.9. The summed E-state index contributed by atoms with van der Waals surface area (Å²) in [4.78, 5) is 21.4. The van der Waals surface area contributed by atoms with Crippen LogP contribution < -0.4 is 0 Å². The van der Waals surface area contributed by atoms with Crippen LogP contribution in [0.5, 0.6) is 0 Å². The summed E-state index contributed by atoms with van der Waals surface area (Å²) < 4.78 is 21.1. The number of carbonyl (C=O) groups is 2. The van der Waals surface area contributed by atoms with Crippen LogP contribution >= 0.6 is 0 Å². The van der Waals surface area contributed by atoms with E-state index in [1.54, 1.807) is 7.11 Å². The van der Waals surface area contributed by atoms with Crippen LogP contribution in [0, 0.1) is 0 Å². The Hall–Kier alpha value is -1.01. The summed E-state index contributed by atoms with van der Waals surface area (Å²) in [6, 6.07) is 0. The zero-order valence-corrected chi connectivity index (χ0v) is 19.9. The van der Waals surface area contributed by atoms with Crippen LogP contribution in [0.3, 0.4) is 0 Å². The number of carbonyl (C=O) groups excluding carboxylic acids is 2. The van der Waals surface area contributed by atoms with Crippen LogP contribution in [-0.4, -0.2) is 56.5 Å². The number of rotatable bonds is 9. The van der Waals surface area contributed by atoms with Crippen LogP contribution in [0.1, 0.15) is 14.9 Å². The van der Waals surface area contributed by atoms with Crippen molar-refractivity contribution >= 4 is 36.9 Å². The average molecular weight is 439 g/mol. The van der Waals surface area contributed by atoms with E-state index in [1.165, 1.54) is 6.08 Å². The molecule has 0 rings (SSSR count). The van der Waals surface area contributed by atoms with Gasteiger partial charge in [0.15, 0.2) is 0 Å². The van der Waals surface area contributed by atoms with E-state index < -0.39 is 30.9 Å². The second-order valence-electron chi connectivity index (χ2n) is 7.65. The van der Waals surface area contributed by atoms with E-state index in [2.05, 4.69) is 32.8 Å². The smallest absolute Gasteiger partial charge is 0.329 e. The van der Waals surface area contributed by atoms with Gasteiger partial charge in [0.1, 0.15) is 6.23 Å². The molecule has 0 heterocycles.